The predicted octanol–water partition coefficient (Wildman–Crippen LogP) is 4.76. The second-order valence-electron chi connectivity index (χ2n) is 8.94. The Morgan fingerprint density at radius 1 is 1.23 bits per heavy atom. The number of hydrogen-bond donors (Lipinski definition) is 2. The van der Waals surface area contributed by atoms with Gasteiger partial charge in [0.15, 0.2) is 11.5 Å². The molecule has 0 spiro atoms. The van der Waals surface area contributed by atoms with E-state index >= 15 is 0 Å². The Balaban J connectivity index is 1.83. The molecule has 0 aliphatic carbocycles. The standard InChI is InChI=1S/C23H30ClN3O2S/c1-22(2,3)26-12-15-11-23(24,14-6-7-17(28-4)18(10-14)29-5)20-16-8-9-25-13-19(16)30-21(20)27-15/h6-7,10,25-26H,8-9,11-13H2,1-5H3. The van der Waals surface area contributed by atoms with Crippen LogP contribution in [-0.4, -0.2) is 38.6 Å². The summed E-state index contributed by atoms with van der Waals surface area (Å²) in [4.78, 5) is 5.73. The van der Waals surface area contributed by atoms with E-state index in [-0.39, 0.29) is 5.54 Å². The third-order valence-electron chi connectivity index (χ3n) is 5.68. The van der Waals surface area contributed by atoms with Gasteiger partial charge in [0.25, 0.3) is 0 Å². The minimum absolute atomic E-state index is 0.0136. The molecule has 7 heteroatoms. The summed E-state index contributed by atoms with van der Waals surface area (Å²) in [7, 11) is 3.31. The van der Waals surface area contributed by atoms with Crippen LogP contribution in [0, 0.1) is 0 Å². The van der Waals surface area contributed by atoms with Gasteiger partial charge in [-0.05, 0) is 57.0 Å². The van der Waals surface area contributed by atoms with Crippen molar-refractivity contribution < 1.29 is 9.47 Å². The molecule has 2 N–H and O–H groups in total. The first-order valence-corrected chi connectivity index (χ1v) is 11.5. The molecular weight excluding hydrogens is 418 g/mol. The lowest BCUT2D eigenvalue weighted by Gasteiger charge is -2.34. The average molecular weight is 448 g/mol. The van der Waals surface area contributed by atoms with Gasteiger partial charge in [-0.3, -0.25) is 0 Å². The first-order valence-electron chi connectivity index (χ1n) is 10.3. The van der Waals surface area contributed by atoms with Crippen molar-refractivity contribution in [2.75, 3.05) is 27.3 Å². The molecule has 0 bridgehead atoms. The van der Waals surface area contributed by atoms with Crippen molar-refractivity contribution in [3.63, 3.8) is 0 Å². The van der Waals surface area contributed by atoms with Crippen LogP contribution in [0.25, 0.3) is 0 Å². The van der Waals surface area contributed by atoms with Gasteiger partial charge in [0.05, 0.1) is 14.2 Å². The van der Waals surface area contributed by atoms with E-state index in [1.807, 2.05) is 12.1 Å². The van der Waals surface area contributed by atoms with Gasteiger partial charge in [0, 0.05) is 41.2 Å². The number of benzene rings is 1. The van der Waals surface area contributed by atoms with Crippen molar-refractivity contribution in [1.29, 1.82) is 0 Å². The third-order valence-corrected chi connectivity index (χ3v) is 7.34. The summed E-state index contributed by atoms with van der Waals surface area (Å²) in [6.45, 7) is 9.07. The summed E-state index contributed by atoms with van der Waals surface area (Å²) in [6.07, 6.45) is 1.64. The summed E-state index contributed by atoms with van der Waals surface area (Å²) in [5.74, 6) is 1.40. The second-order valence-corrected chi connectivity index (χ2v) is 10.7. The number of hydrogen-bond acceptors (Lipinski definition) is 6. The lowest BCUT2D eigenvalue weighted by atomic mass is 9.81. The largest absolute Gasteiger partial charge is 0.493 e. The quantitative estimate of drug-likeness (QED) is 0.649. The van der Waals surface area contributed by atoms with E-state index in [0.717, 1.165) is 35.8 Å². The van der Waals surface area contributed by atoms with Crippen molar-refractivity contribution in [1.82, 2.24) is 10.6 Å². The molecule has 162 valence electrons. The molecule has 2 aromatic rings. The van der Waals surface area contributed by atoms with Crippen LogP contribution < -0.4 is 20.1 Å². The summed E-state index contributed by atoms with van der Waals surface area (Å²) in [5.41, 5.74) is 4.65. The van der Waals surface area contributed by atoms with E-state index in [1.54, 1.807) is 25.6 Å². The van der Waals surface area contributed by atoms with Crippen LogP contribution in [0.4, 0.5) is 5.00 Å². The van der Waals surface area contributed by atoms with Crippen LogP contribution in [0.1, 0.15) is 48.8 Å². The van der Waals surface area contributed by atoms with Gasteiger partial charge in [0.2, 0.25) is 0 Å². The molecule has 1 unspecified atom stereocenters. The van der Waals surface area contributed by atoms with Crippen molar-refractivity contribution in [3.05, 3.63) is 39.8 Å². The number of ether oxygens (including phenoxy) is 2. The summed E-state index contributed by atoms with van der Waals surface area (Å²) in [6, 6.07) is 6.02. The van der Waals surface area contributed by atoms with E-state index in [9.17, 15) is 0 Å². The zero-order valence-corrected chi connectivity index (χ0v) is 19.9. The van der Waals surface area contributed by atoms with Gasteiger partial charge in [0.1, 0.15) is 9.88 Å². The Bertz CT molecular complexity index is 980. The van der Waals surface area contributed by atoms with Gasteiger partial charge >= 0.3 is 0 Å². The Hall–Kier alpha value is -1.60. The SMILES string of the molecule is COc1ccc(C2(Cl)CC(CNC(C)(C)C)=Nc3sc4c(c32)CCNC4)cc1OC. The lowest BCUT2D eigenvalue weighted by Crippen LogP contribution is -2.41. The van der Waals surface area contributed by atoms with Crippen molar-refractivity contribution in [3.8, 4) is 11.5 Å². The van der Waals surface area contributed by atoms with E-state index in [0.29, 0.717) is 24.5 Å². The van der Waals surface area contributed by atoms with Crippen molar-refractivity contribution in [2.45, 2.75) is 50.6 Å². The van der Waals surface area contributed by atoms with Crippen LogP contribution >= 0.6 is 22.9 Å². The number of methoxy groups -OCH3 is 2. The lowest BCUT2D eigenvalue weighted by molar-refractivity contribution is 0.354. The number of nitrogens with one attached hydrogen (secondary N) is 2. The molecule has 30 heavy (non-hydrogen) atoms. The summed E-state index contributed by atoms with van der Waals surface area (Å²) < 4.78 is 11.0. The molecular formula is C23H30ClN3O2S. The van der Waals surface area contributed by atoms with E-state index < -0.39 is 4.87 Å². The number of fused-ring (bicyclic) bond motifs is 3. The summed E-state index contributed by atoms with van der Waals surface area (Å²) in [5, 5.41) is 8.10. The Labute approximate surface area is 187 Å². The highest BCUT2D eigenvalue weighted by Gasteiger charge is 2.43. The molecule has 3 heterocycles. The molecule has 4 rings (SSSR count). The number of halogens is 1. The van der Waals surface area contributed by atoms with Gasteiger partial charge in [-0.1, -0.05) is 6.07 Å². The van der Waals surface area contributed by atoms with Crippen LogP contribution in [-0.2, 0) is 17.8 Å². The van der Waals surface area contributed by atoms with E-state index in [2.05, 4.69) is 37.5 Å². The van der Waals surface area contributed by atoms with Gasteiger partial charge in [-0.25, -0.2) is 4.99 Å². The van der Waals surface area contributed by atoms with Gasteiger partial charge in [-0.15, -0.1) is 22.9 Å². The molecule has 1 atom stereocenters. The number of rotatable bonds is 5. The molecule has 0 fully saturated rings. The molecule has 1 aromatic carbocycles. The average Bonchev–Trinajstić information content (AvgIpc) is 3.10. The Kier molecular flexibility index (Phi) is 5.88. The third kappa shape index (κ3) is 3.98. The monoisotopic (exact) mass is 447 g/mol. The fourth-order valence-electron chi connectivity index (χ4n) is 4.16. The normalized spacial score (nSPS) is 20.9. The maximum absolute atomic E-state index is 7.56. The zero-order chi connectivity index (χ0) is 21.5. The Morgan fingerprint density at radius 3 is 2.70 bits per heavy atom. The summed E-state index contributed by atoms with van der Waals surface area (Å²) >= 11 is 9.33. The second kappa shape index (κ2) is 8.15. The van der Waals surface area contributed by atoms with Crippen molar-refractivity contribution >= 4 is 33.7 Å². The number of aliphatic imine (C=N–C) groups is 1. The molecule has 0 saturated heterocycles. The fourth-order valence-corrected chi connectivity index (χ4v) is 6.00. The maximum Gasteiger partial charge on any atom is 0.161 e. The van der Waals surface area contributed by atoms with Crippen LogP contribution in [0.2, 0.25) is 0 Å². The topological polar surface area (TPSA) is 54.9 Å². The minimum atomic E-state index is -0.674. The highest BCUT2D eigenvalue weighted by atomic mass is 35.5. The van der Waals surface area contributed by atoms with Crippen LogP contribution in [0.3, 0.4) is 0 Å². The molecule has 0 amide bonds. The van der Waals surface area contributed by atoms with Crippen LogP contribution in [0.15, 0.2) is 23.2 Å². The zero-order valence-electron chi connectivity index (χ0n) is 18.3. The molecule has 0 saturated carbocycles. The minimum Gasteiger partial charge on any atom is -0.493 e. The molecule has 0 radical (unpaired) electrons. The number of thiophene rings is 1. The first kappa shape index (κ1) is 21.6. The Morgan fingerprint density at radius 2 is 2.00 bits per heavy atom. The first-order chi connectivity index (χ1) is 14.2. The molecule has 2 aliphatic heterocycles. The number of alkyl halides is 1. The molecule has 2 aliphatic rings. The molecule has 5 nitrogen and oxygen atoms in total. The number of nitrogens with zero attached hydrogens (tertiary/aromatic N) is 1. The van der Waals surface area contributed by atoms with E-state index in [4.69, 9.17) is 26.1 Å². The van der Waals surface area contributed by atoms with Gasteiger partial charge in [-0.2, -0.15) is 0 Å². The predicted molar refractivity (Wildman–Crippen MR) is 125 cm³/mol. The fraction of sp³-hybridized carbons (Fsp3) is 0.522. The maximum atomic E-state index is 7.56. The smallest absolute Gasteiger partial charge is 0.161 e. The highest BCUT2D eigenvalue weighted by Crippen LogP contribution is 2.54. The van der Waals surface area contributed by atoms with Crippen molar-refractivity contribution in [2.24, 2.45) is 4.99 Å². The van der Waals surface area contributed by atoms with Crippen LogP contribution in [0.5, 0.6) is 11.5 Å². The highest BCUT2D eigenvalue weighted by molar-refractivity contribution is 7.16. The molecule has 1 aromatic heterocycles. The van der Waals surface area contributed by atoms with E-state index in [1.165, 1.54) is 16.0 Å². The van der Waals surface area contributed by atoms with Gasteiger partial charge < -0.3 is 20.1 Å².